The lowest BCUT2D eigenvalue weighted by Gasteiger charge is -2.19. The van der Waals surface area contributed by atoms with Crippen LogP contribution in [0, 0.1) is 6.92 Å². The van der Waals surface area contributed by atoms with E-state index in [0.717, 1.165) is 16.7 Å². The molecule has 0 heterocycles. The van der Waals surface area contributed by atoms with Gasteiger partial charge in [0.05, 0.1) is 4.90 Å². The molecule has 8 heteroatoms. The van der Waals surface area contributed by atoms with E-state index in [1.807, 2.05) is 13.0 Å². The second-order valence-electron chi connectivity index (χ2n) is 7.21. The minimum absolute atomic E-state index is 0.130. The van der Waals surface area contributed by atoms with Gasteiger partial charge in [0, 0.05) is 24.8 Å². The van der Waals surface area contributed by atoms with Crippen LogP contribution in [0.5, 0.6) is 5.75 Å². The molecule has 0 saturated heterocycles. The number of benzene rings is 3. The third-order valence-electron chi connectivity index (χ3n) is 4.73. The number of ether oxygens (including phenoxy) is 1. The number of nitrogen functional groups attached to an aromatic ring is 1. The summed E-state index contributed by atoms with van der Waals surface area (Å²) in [6.07, 6.45) is 0. The van der Waals surface area contributed by atoms with Crippen LogP contribution in [-0.4, -0.2) is 37.5 Å². The van der Waals surface area contributed by atoms with Gasteiger partial charge in [-0.2, -0.15) is 4.31 Å². The Balaban J connectivity index is 1.93. The zero-order valence-corrected chi connectivity index (χ0v) is 18.1. The molecule has 0 aliphatic carbocycles. The highest BCUT2D eigenvalue weighted by Gasteiger charge is 2.21. The SMILES string of the molecule is Cc1ccc(S(=O)(=O)N(C)Cc2ccc(OCC(=O)O)c(-c3cccc(N)c3)c2)cc1. The summed E-state index contributed by atoms with van der Waals surface area (Å²) in [4.78, 5) is 11.2. The molecular formula is C23H24N2O5S. The van der Waals surface area contributed by atoms with Crippen LogP contribution in [-0.2, 0) is 21.4 Å². The monoisotopic (exact) mass is 440 g/mol. The molecule has 0 aromatic heterocycles. The summed E-state index contributed by atoms with van der Waals surface area (Å²) in [5.41, 5.74) is 9.52. The molecule has 0 atom stereocenters. The largest absolute Gasteiger partial charge is 0.481 e. The normalized spacial score (nSPS) is 11.5. The van der Waals surface area contributed by atoms with E-state index in [9.17, 15) is 13.2 Å². The molecule has 0 spiro atoms. The number of rotatable bonds is 8. The van der Waals surface area contributed by atoms with E-state index in [1.165, 1.54) is 11.4 Å². The Kier molecular flexibility index (Phi) is 6.62. The Morgan fingerprint density at radius 2 is 1.77 bits per heavy atom. The number of carboxylic acid groups (broad SMARTS) is 1. The highest BCUT2D eigenvalue weighted by atomic mass is 32.2. The molecule has 0 saturated carbocycles. The summed E-state index contributed by atoms with van der Waals surface area (Å²) in [5, 5.41) is 8.95. The number of hydrogen-bond donors (Lipinski definition) is 2. The number of nitrogens with zero attached hydrogens (tertiary/aromatic N) is 1. The molecule has 3 aromatic rings. The quantitative estimate of drug-likeness (QED) is 0.519. The average Bonchev–Trinajstić information content (AvgIpc) is 2.73. The number of carbonyl (C=O) groups is 1. The Hall–Kier alpha value is -3.36. The minimum atomic E-state index is -3.67. The molecule has 0 bridgehead atoms. The van der Waals surface area contributed by atoms with Crippen molar-refractivity contribution >= 4 is 21.7 Å². The van der Waals surface area contributed by atoms with E-state index in [0.29, 0.717) is 17.0 Å². The third kappa shape index (κ3) is 5.42. The van der Waals surface area contributed by atoms with Gasteiger partial charge in [0.1, 0.15) is 5.75 Å². The van der Waals surface area contributed by atoms with Gasteiger partial charge in [-0.15, -0.1) is 0 Å². The second-order valence-corrected chi connectivity index (χ2v) is 9.26. The van der Waals surface area contributed by atoms with Crippen molar-refractivity contribution in [2.24, 2.45) is 0 Å². The maximum absolute atomic E-state index is 12.9. The molecule has 0 radical (unpaired) electrons. The number of aryl methyl sites for hydroxylation is 1. The number of sulfonamides is 1. The van der Waals surface area contributed by atoms with Crippen molar-refractivity contribution in [3.05, 3.63) is 77.9 Å². The lowest BCUT2D eigenvalue weighted by Crippen LogP contribution is -2.26. The van der Waals surface area contributed by atoms with E-state index >= 15 is 0 Å². The van der Waals surface area contributed by atoms with Gasteiger partial charge >= 0.3 is 5.97 Å². The molecule has 0 fully saturated rings. The first-order chi connectivity index (χ1) is 14.7. The maximum Gasteiger partial charge on any atom is 0.341 e. The standard InChI is InChI=1S/C23H24N2O5S/c1-16-6-9-20(10-7-16)31(28,29)25(2)14-17-8-11-22(30-15-23(26)27)21(12-17)18-4-3-5-19(24)13-18/h3-13H,14-15,24H2,1-2H3,(H,26,27). The van der Waals surface area contributed by atoms with Crippen LogP contribution in [0.1, 0.15) is 11.1 Å². The van der Waals surface area contributed by atoms with Crippen molar-refractivity contribution in [3.63, 3.8) is 0 Å². The summed E-state index contributed by atoms with van der Waals surface area (Å²) < 4.78 is 32.5. The molecule has 31 heavy (non-hydrogen) atoms. The zero-order valence-electron chi connectivity index (χ0n) is 17.3. The van der Waals surface area contributed by atoms with Crippen molar-refractivity contribution < 1.29 is 23.1 Å². The van der Waals surface area contributed by atoms with Crippen LogP contribution < -0.4 is 10.5 Å². The molecular weight excluding hydrogens is 416 g/mol. The van der Waals surface area contributed by atoms with Gasteiger partial charge in [0.2, 0.25) is 10.0 Å². The van der Waals surface area contributed by atoms with Crippen LogP contribution >= 0.6 is 0 Å². The van der Waals surface area contributed by atoms with E-state index in [2.05, 4.69) is 0 Å². The second kappa shape index (κ2) is 9.20. The number of hydrogen-bond acceptors (Lipinski definition) is 5. The highest BCUT2D eigenvalue weighted by Crippen LogP contribution is 2.33. The predicted octanol–water partition coefficient (Wildman–Crippen LogP) is 3.53. The number of nitrogens with two attached hydrogens (primary N) is 1. The topological polar surface area (TPSA) is 110 Å². The van der Waals surface area contributed by atoms with Gasteiger partial charge in [0.25, 0.3) is 0 Å². The third-order valence-corrected chi connectivity index (χ3v) is 6.54. The Labute approximate surface area is 181 Å². The Morgan fingerprint density at radius 1 is 1.06 bits per heavy atom. The van der Waals surface area contributed by atoms with Gasteiger partial charge < -0.3 is 15.6 Å². The fraction of sp³-hybridized carbons (Fsp3) is 0.174. The van der Waals surface area contributed by atoms with E-state index in [4.69, 9.17) is 15.6 Å². The number of anilines is 1. The highest BCUT2D eigenvalue weighted by molar-refractivity contribution is 7.89. The Morgan fingerprint density at radius 3 is 2.42 bits per heavy atom. The summed E-state index contributed by atoms with van der Waals surface area (Å²) in [6.45, 7) is 1.53. The zero-order chi connectivity index (χ0) is 22.6. The van der Waals surface area contributed by atoms with Gasteiger partial charge in [-0.1, -0.05) is 35.9 Å². The summed E-state index contributed by atoms with van der Waals surface area (Å²) in [6, 6.07) is 18.9. The molecule has 0 unspecified atom stereocenters. The van der Waals surface area contributed by atoms with Gasteiger partial charge in [0.15, 0.2) is 6.61 Å². The van der Waals surface area contributed by atoms with Crippen LogP contribution in [0.3, 0.4) is 0 Å². The van der Waals surface area contributed by atoms with Crippen LogP contribution in [0.15, 0.2) is 71.6 Å². The van der Waals surface area contributed by atoms with Crippen molar-refractivity contribution in [1.82, 2.24) is 4.31 Å². The molecule has 162 valence electrons. The Bertz CT molecular complexity index is 1190. The molecule has 7 nitrogen and oxygen atoms in total. The molecule has 3 aromatic carbocycles. The number of carboxylic acids is 1. The van der Waals surface area contributed by atoms with E-state index in [-0.39, 0.29) is 11.4 Å². The van der Waals surface area contributed by atoms with E-state index < -0.39 is 22.6 Å². The van der Waals surface area contributed by atoms with Crippen LogP contribution in [0.2, 0.25) is 0 Å². The first-order valence-corrected chi connectivity index (χ1v) is 11.0. The smallest absolute Gasteiger partial charge is 0.341 e. The summed E-state index contributed by atoms with van der Waals surface area (Å²) in [7, 11) is -2.15. The summed E-state index contributed by atoms with van der Waals surface area (Å²) >= 11 is 0. The fourth-order valence-corrected chi connectivity index (χ4v) is 4.26. The molecule has 0 amide bonds. The van der Waals surface area contributed by atoms with Crippen molar-refractivity contribution in [1.29, 1.82) is 0 Å². The van der Waals surface area contributed by atoms with E-state index in [1.54, 1.807) is 60.7 Å². The number of aliphatic carboxylic acids is 1. The first kappa shape index (κ1) is 22.3. The van der Waals surface area contributed by atoms with Crippen LogP contribution in [0.25, 0.3) is 11.1 Å². The lowest BCUT2D eigenvalue weighted by atomic mass is 10.0. The average molecular weight is 441 g/mol. The fourth-order valence-electron chi connectivity index (χ4n) is 3.10. The van der Waals surface area contributed by atoms with Crippen molar-refractivity contribution in [2.75, 3.05) is 19.4 Å². The first-order valence-electron chi connectivity index (χ1n) is 9.53. The van der Waals surface area contributed by atoms with Crippen LogP contribution in [0.4, 0.5) is 5.69 Å². The molecule has 3 N–H and O–H groups in total. The summed E-state index contributed by atoms with van der Waals surface area (Å²) in [5.74, 6) is -0.715. The molecule has 0 aliphatic rings. The van der Waals surface area contributed by atoms with Gasteiger partial charge in [-0.25, -0.2) is 13.2 Å². The van der Waals surface area contributed by atoms with Crippen molar-refractivity contribution in [2.45, 2.75) is 18.4 Å². The van der Waals surface area contributed by atoms with Crippen molar-refractivity contribution in [3.8, 4) is 16.9 Å². The van der Waals surface area contributed by atoms with Gasteiger partial charge in [-0.05, 0) is 54.4 Å². The van der Waals surface area contributed by atoms with Gasteiger partial charge in [-0.3, -0.25) is 0 Å². The molecule has 3 rings (SSSR count). The lowest BCUT2D eigenvalue weighted by molar-refractivity contribution is -0.139. The maximum atomic E-state index is 12.9. The predicted molar refractivity (Wildman–Crippen MR) is 119 cm³/mol. The minimum Gasteiger partial charge on any atom is -0.481 e. The molecule has 0 aliphatic heterocycles.